The predicted octanol–water partition coefficient (Wildman–Crippen LogP) is 2.12. The van der Waals surface area contributed by atoms with Crippen LogP contribution in [0.3, 0.4) is 0 Å². The fourth-order valence-electron chi connectivity index (χ4n) is 3.46. The van der Waals surface area contributed by atoms with Crippen LogP contribution in [0.2, 0.25) is 0 Å². The second-order valence-electron chi connectivity index (χ2n) is 5.94. The van der Waals surface area contributed by atoms with Crippen LogP contribution < -0.4 is 4.90 Å². The number of nitriles is 1. The Bertz CT molecular complexity index is 1090. The number of anilines is 1. The maximum Gasteiger partial charge on any atom is 0.335 e. The average molecular weight is 346 g/mol. The molecule has 1 atom stereocenters. The van der Waals surface area contributed by atoms with Gasteiger partial charge in [0.15, 0.2) is 0 Å². The molecule has 8 heteroatoms. The Morgan fingerprint density at radius 1 is 1.27 bits per heavy atom. The lowest BCUT2D eigenvalue weighted by Gasteiger charge is -2.33. The van der Waals surface area contributed by atoms with Crippen molar-refractivity contribution < 1.29 is 9.90 Å². The van der Waals surface area contributed by atoms with E-state index in [-0.39, 0.29) is 12.1 Å². The Kier molecular flexibility index (Phi) is 3.62. The minimum absolute atomic E-state index is 0.0365. The number of aliphatic carboxylic acids is 1. The highest BCUT2D eigenvalue weighted by Gasteiger charge is 2.38. The summed E-state index contributed by atoms with van der Waals surface area (Å²) in [4.78, 5) is 13.6. The van der Waals surface area contributed by atoms with Gasteiger partial charge in [-0.05, 0) is 33.7 Å². The first-order valence-electron chi connectivity index (χ1n) is 7.97. The second kappa shape index (κ2) is 5.97. The molecule has 8 nitrogen and oxygen atoms in total. The minimum atomic E-state index is -1.07. The first-order valence-corrected chi connectivity index (χ1v) is 7.97. The summed E-state index contributed by atoms with van der Waals surface area (Å²) in [6, 6.07) is 14.9. The third kappa shape index (κ3) is 2.22. The van der Waals surface area contributed by atoms with E-state index in [2.05, 4.69) is 15.5 Å². The van der Waals surface area contributed by atoms with E-state index in [0.717, 1.165) is 16.3 Å². The van der Waals surface area contributed by atoms with Crippen LogP contribution in [-0.4, -0.2) is 37.8 Å². The third-order valence-corrected chi connectivity index (χ3v) is 4.61. The Labute approximate surface area is 148 Å². The van der Waals surface area contributed by atoms with Crippen molar-refractivity contribution >= 4 is 22.7 Å². The van der Waals surface area contributed by atoms with Crippen molar-refractivity contribution in [3.05, 3.63) is 59.3 Å². The molecule has 0 radical (unpaired) electrons. The molecule has 0 spiro atoms. The largest absolute Gasteiger partial charge is 0.478 e. The number of hydrogen-bond acceptors (Lipinski definition) is 6. The van der Waals surface area contributed by atoms with Crippen molar-refractivity contribution in [1.82, 2.24) is 20.2 Å². The number of fused-ring (bicyclic) bond motifs is 2. The smallest absolute Gasteiger partial charge is 0.335 e. The van der Waals surface area contributed by atoms with Gasteiger partial charge < -0.3 is 5.11 Å². The van der Waals surface area contributed by atoms with Crippen molar-refractivity contribution in [3.8, 4) is 6.07 Å². The van der Waals surface area contributed by atoms with Crippen molar-refractivity contribution in [2.75, 3.05) is 11.4 Å². The van der Waals surface area contributed by atoms with Gasteiger partial charge in [-0.15, -0.1) is 0 Å². The van der Waals surface area contributed by atoms with Crippen molar-refractivity contribution in [2.24, 2.45) is 0 Å². The predicted molar refractivity (Wildman–Crippen MR) is 93.2 cm³/mol. The highest BCUT2D eigenvalue weighted by molar-refractivity contribution is 5.94. The lowest BCUT2D eigenvalue weighted by molar-refractivity contribution is -0.133. The van der Waals surface area contributed by atoms with Gasteiger partial charge in [-0.25, -0.2) is 4.79 Å². The van der Waals surface area contributed by atoms with E-state index >= 15 is 0 Å². The highest BCUT2D eigenvalue weighted by atomic mass is 16.4. The fourth-order valence-corrected chi connectivity index (χ4v) is 3.46. The maximum atomic E-state index is 12.1. The SMILES string of the molecule is CC1=C(C(=O)O)C(c2cccc3ccccc23)n2nnnc2N1CC#N. The number of rotatable bonds is 3. The van der Waals surface area contributed by atoms with Gasteiger partial charge >= 0.3 is 5.97 Å². The molecule has 0 fully saturated rings. The van der Waals surface area contributed by atoms with Gasteiger partial charge in [-0.3, -0.25) is 4.90 Å². The molecule has 3 aromatic rings. The normalized spacial score (nSPS) is 16.5. The molecular formula is C18H14N6O2. The first kappa shape index (κ1) is 15.8. The quantitative estimate of drug-likeness (QED) is 0.724. The molecular weight excluding hydrogens is 332 g/mol. The molecule has 2 heterocycles. The van der Waals surface area contributed by atoms with Crippen molar-refractivity contribution in [3.63, 3.8) is 0 Å². The Hall–Kier alpha value is -3.73. The number of carbonyl (C=O) groups is 1. The summed E-state index contributed by atoms with van der Waals surface area (Å²) in [5, 5.41) is 32.7. The van der Waals surface area contributed by atoms with Crippen molar-refractivity contribution in [1.29, 1.82) is 5.26 Å². The monoisotopic (exact) mass is 346 g/mol. The molecule has 128 valence electrons. The summed E-state index contributed by atoms with van der Waals surface area (Å²) in [7, 11) is 0. The van der Waals surface area contributed by atoms with Crippen LogP contribution in [0.5, 0.6) is 0 Å². The average Bonchev–Trinajstić information content (AvgIpc) is 3.12. The van der Waals surface area contributed by atoms with Gasteiger partial charge in [0.2, 0.25) is 0 Å². The molecule has 1 aliphatic heterocycles. The van der Waals surface area contributed by atoms with Gasteiger partial charge in [0.05, 0.1) is 11.6 Å². The van der Waals surface area contributed by atoms with Gasteiger partial charge in [0.1, 0.15) is 12.6 Å². The van der Waals surface area contributed by atoms with Crippen LogP contribution in [0.4, 0.5) is 5.95 Å². The number of hydrogen-bond donors (Lipinski definition) is 1. The van der Waals surface area contributed by atoms with E-state index in [4.69, 9.17) is 5.26 Å². The summed E-state index contributed by atoms with van der Waals surface area (Å²) in [5.74, 6) is -0.712. The molecule has 0 saturated heterocycles. The summed E-state index contributed by atoms with van der Waals surface area (Å²) < 4.78 is 1.47. The third-order valence-electron chi connectivity index (χ3n) is 4.61. The van der Waals surface area contributed by atoms with Crippen LogP contribution in [0.15, 0.2) is 53.7 Å². The van der Waals surface area contributed by atoms with E-state index in [1.807, 2.05) is 48.5 Å². The van der Waals surface area contributed by atoms with E-state index < -0.39 is 12.0 Å². The molecule has 4 rings (SSSR count). The zero-order valence-corrected chi connectivity index (χ0v) is 13.9. The summed E-state index contributed by atoms with van der Waals surface area (Å²) in [5.41, 5.74) is 1.40. The van der Waals surface area contributed by atoms with E-state index in [1.165, 1.54) is 9.58 Å². The molecule has 0 saturated carbocycles. The molecule has 0 amide bonds. The number of carboxylic acids is 1. The Balaban J connectivity index is 2.03. The standard InChI is InChI=1S/C18H14N6O2/c1-11-15(17(25)26)16(24-18(20-21-22-24)23(11)10-9-19)14-8-4-6-12-5-2-3-7-13(12)14/h2-8,16H,10H2,1H3,(H,25,26). The zero-order chi connectivity index (χ0) is 18.3. The molecule has 1 aliphatic rings. The van der Waals surface area contributed by atoms with Gasteiger partial charge in [0.25, 0.3) is 5.95 Å². The molecule has 1 N–H and O–H groups in total. The lowest BCUT2D eigenvalue weighted by Crippen LogP contribution is -2.36. The Morgan fingerprint density at radius 2 is 2.04 bits per heavy atom. The van der Waals surface area contributed by atoms with Crippen LogP contribution in [-0.2, 0) is 4.79 Å². The molecule has 2 aromatic carbocycles. The number of carboxylic acid groups (broad SMARTS) is 1. The number of nitrogens with zero attached hydrogens (tertiary/aromatic N) is 6. The summed E-state index contributed by atoms with van der Waals surface area (Å²) in [6.07, 6.45) is 0. The zero-order valence-electron chi connectivity index (χ0n) is 13.9. The van der Waals surface area contributed by atoms with Crippen molar-refractivity contribution in [2.45, 2.75) is 13.0 Å². The second-order valence-corrected chi connectivity index (χ2v) is 5.94. The lowest BCUT2D eigenvalue weighted by atomic mass is 9.91. The van der Waals surface area contributed by atoms with Crippen LogP contribution in [0.25, 0.3) is 10.8 Å². The summed E-state index contributed by atoms with van der Waals surface area (Å²) >= 11 is 0. The fraction of sp³-hybridized carbons (Fsp3) is 0.167. The van der Waals surface area contributed by atoms with Crippen LogP contribution in [0.1, 0.15) is 18.5 Å². The first-order chi connectivity index (χ1) is 12.6. The molecule has 1 unspecified atom stereocenters. The molecule has 26 heavy (non-hydrogen) atoms. The minimum Gasteiger partial charge on any atom is -0.478 e. The number of tetrazole rings is 1. The summed E-state index contributed by atoms with van der Waals surface area (Å²) in [6.45, 7) is 1.64. The van der Waals surface area contributed by atoms with Gasteiger partial charge in [0, 0.05) is 5.70 Å². The number of benzene rings is 2. The Morgan fingerprint density at radius 3 is 2.81 bits per heavy atom. The van der Waals surface area contributed by atoms with E-state index in [9.17, 15) is 9.90 Å². The number of aromatic nitrogens is 4. The van der Waals surface area contributed by atoms with Gasteiger partial charge in [-0.1, -0.05) is 47.6 Å². The molecule has 0 bridgehead atoms. The van der Waals surface area contributed by atoms with Crippen LogP contribution in [0, 0.1) is 11.3 Å². The molecule has 0 aliphatic carbocycles. The van der Waals surface area contributed by atoms with E-state index in [0.29, 0.717) is 11.6 Å². The maximum absolute atomic E-state index is 12.1. The van der Waals surface area contributed by atoms with Gasteiger partial charge in [-0.2, -0.15) is 9.94 Å². The van der Waals surface area contributed by atoms with Crippen LogP contribution >= 0.6 is 0 Å². The van der Waals surface area contributed by atoms with E-state index in [1.54, 1.807) is 6.92 Å². The molecule has 1 aromatic heterocycles. The topological polar surface area (TPSA) is 108 Å². The highest BCUT2D eigenvalue weighted by Crippen LogP contribution is 2.39. The number of allylic oxidation sites excluding steroid dienone is 1.